The molecule has 1 aliphatic rings. The molecule has 23 heavy (non-hydrogen) atoms. The monoisotopic (exact) mass is 336 g/mol. The molecule has 7 nitrogen and oxygen atoms in total. The van der Waals surface area contributed by atoms with E-state index in [0.29, 0.717) is 12.2 Å². The van der Waals surface area contributed by atoms with Crippen LogP contribution in [0.4, 0.5) is 0 Å². The first-order valence-electron chi connectivity index (χ1n) is 7.64. The van der Waals surface area contributed by atoms with Crippen LogP contribution in [0.5, 0.6) is 0 Å². The lowest BCUT2D eigenvalue weighted by Gasteiger charge is -2.35. The highest BCUT2D eigenvalue weighted by atomic mass is 32.2. The van der Waals surface area contributed by atoms with E-state index in [4.69, 9.17) is 0 Å². The van der Waals surface area contributed by atoms with E-state index in [9.17, 15) is 13.2 Å². The second-order valence-corrected chi connectivity index (χ2v) is 7.72. The van der Waals surface area contributed by atoms with Crippen LogP contribution < -0.4 is 4.72 Å². The maximum Gasteiger partial charge on any atom is 0.275 e. The highest BCUT2D eigenvalue weighted by Crippen LogP contribution is 2.22. The van der Waals surface area contributed by atoms with Crippen LogP contribution in [0, 0.1) is 0 Å². The number of rotatable bonds is 4. The van der Waals surface area contributed by atoms with E-state index in [1.54, 1.807) is 4.90 Å². The van der Waals surface area contributed by atoms with Gasteiger partial charge in [0.05, 0.1) is 11.8 Å². The number of hydrogen-bond donors (Lipinski definition) is 2. The van der Waals surface area contributed by atoms with Gasteiger partial charge in [0.2, 0.25) is 10.0 Å². The average Bonchev–Trinajstić information content (AvgIpc) is 2.96. The van der Waals surface area contributed by atoms with Gasteiger partial charge in [-0.2, -0.15) is 5.10 Å². The second-order valence-electron chi connectivity index (χ2n) is 5.89. The van der Waals surface area contributed by atoms with Crippen molar-refractivity contribution in [3.8, 4) is 0 Å². The molecule has 3 rings (SSSR count). The van der Waals surface area contributed by atoms with Gasteiger partial charge in [0, 0.05) is 24.5 Å². The molecule has 124 valence electrons. The topological polar surface area (TPSA) is 95.2 Å². The number of aromatic nitrogens is 2. The number of carbonyl (C=O) groups excluding carboxylic acids is 1. The molecule has 0 radical (unpaired) electrons. The minimum atomic E-state index is -3.27. The number of fused-ring (bicyclic) bond motifs is 1. The Labute approximate surface area is 135 Å². The first kappa shape index (κ1) is 15.9. The molecule has 0 saturated carbocycles. The number of likely N-dealkylation sites (tertiary alicyclic amines) is 1. The summed E-state index contributed by atoms with van der Waals surface area (Å²) in [5.41, 5.74) is 1.21. The van der Waals surface area contributed by atoms with Gasteiger partial charge in [0.1, 0.15) is 0 Å². The molecule has 1 atom stereocenters. The summed E-state index contributed by atoms with van der Waals surface area (Å²) in [5.74, 6) is -0.151. The lowest BCUT2D eigenvalue weighted by molar-refractivity contribution is 0.0614. The zero-order valence-corrected chi connectivity index (χ0v) is 13.8. The Kier molecular flexibility index (Phi) is 4.36. The highest BCUT2D eigenvalue weighted by Gasteiger charge is 2.30. The summed E-state index contributed by atoms with van der Waals surface area (Å²) in [6.45, 7) is 0.864. The number of carbonyl (C=O) groups is 1. The Hall–Kier alpha value is -1.93. The van der Waals surface area contributed by atoms with Crippen LogP contribution in [-0.2, 0) is 10.0 Å². The van der Waals surface area contributed by atoms with Crippen molar-refractivity contribution in [3.05, 3.63) is 30.0 Å². The van der Waals surface area contributed by atoms with Crippen molar-refractivity contribution in [2.24, 2.45) is 0 Å². The van der Waals surface area contributed by atoms with E-state index in [2.05, 4.69) is 14.9 Å². The van der Waals surface area contributed by atoms with Gasteiger partial charge in [-0.3, -0.25) is 9.89 Å². The Morgan fingerprint density at radius 2 is 2.17 bits per heavy atom. The van der Waals surface area contributed by atoms with E-state index in [0.717, 1.165) is 36.4 Å². The number of sulfonamides is 1. The highest BCUT2D eigenvalue weighted by molar-refractivity contribution is 7.88. The van der Waals surface area contributed by atoms with E-state index in [1.807, 2.05) is 24.3 Å². The molecule has 2 aromatic rings. The molecular formula is C15H20N4O3S. The molecule has 1 aromatic heterocycles. The van der Waals surface area contributed by atoms with Gasteiger partial charge >= 0.3 is 0 Å². The quantitative estimate of drug-likeness (QED) is 0.874. The molecule has 1 unspecified atom stereocenters. The molecule has 8 heteroatoms. The van der Waals surface area contributed by atoms with Gasteiger partial charge in [0.15, 0.2) is 5.69 Å². The predicted octanol–water partition coefficient (Wildman–Crippen LogP) is 1.11. The largest absolute Gasteiger partial charge is 0.333 e. The summed E-state index contributed by atoms with van der Waals surface area (Å²) in [7, 11) is -3.27. The van der Waals surface area contributed by atoms with Crippen molar-refractivity contribution in [3.63, 3.8) is 0 Å². The van der Waals surface area contributed by atoms with Crippen LogP contribution in [0.15, 0.2) is 24.3 Å². The number of hydrogen-bond acceptors (Lipinski definition) is 4. The molecule has 1 saturated heterocycles. The maximum absolute atomic E-state index is 12.9. The molecule has 0 bridgehead atoms. The van der Waals surface area contributed by atoms with Crippen LogP contribution in [0.25, 0.3) is 10.9 Å². The van der Waals surface area contributed by atoms with E-state index >= 15 is 0 Å². The fraction of sp³-hybridized carbons (Fsp3) is 0.467. The minimum Gasteiger partial charge on any atom is -0.333 e. The minimum absolute atomic E-state index is 0.138. The van der Waals surface area contributed by atoms with Crippen molar-refractivity contribution < 1.29 is 13.2 Å². The van der Waals surface area contributed by atoms with Crippen molar-refractivity contribution >= 4 is 26.8 Å². The van der Waals surface area contributed by atoms with Crippen molar-refractivity contribution in [2.75, 3.05) is 19.3 Å². The molecule has 0 spiro atoms. The molecule has 1 amide bonds. The SMILES string of the molecule is CS(=O)(=O)NCC1CCCCN1C(=O)c1n[nH]c2ccccc12. The van der Waals surface area contributed by atoms with E-state index < -0.39 is 10.0 Å². The Bertz CT molecular complexity index is 815. The number of para-hydroxylation sites is 1. The molecular weight excluding hydrogens is 316 g/mol. The second kappa shape index (κ2) is 6.29. The number of H-pyrrole nitrogens is 1. The van der Waals surface area contributed by atoms with Crippen LogP contribution in [0.2, 0.25) is 0 Å². The Morgan fingerprint density at radius 3 is 2.96 bits per heavy atom. The summed E-state index contributed by atoms with van der Waals surface area (Å²) in [6.07, 6.45) is 3.82. The van der Waals surface area contributed by atoms with Gasteiger partial charge in [-0.05, 0) is 25.3 Å². The van der Waals surface area contributed by atoms with Gasteiger partial charge in [-0.1, -0.05) is 18.2 Å². The molecule has 2 heterocycles. The van der Waals surface area contributed by atoms with Gasteiger partial charge in [0.25, 0.3) is 5.91 Å². The number of piperidine rings is 1. The van der Waals surface area contributed by atoms with E-state index in [-0.39, 0.29) is 18.5 Å². The van der Waals surface area contributed by atoms with Crippen molar-refractivity contribution in [1.29, 1.82) is 0 Å². The zero-order chi connectivity index (χ0) is 16.4. The third-order valence-corrected chi connectivity index (χ3v) is 4.83. The summed E-state index contributed by atoms with van der Waals surface area (Å²) < 4.78 is 25.2. The average molecular weight is 336 g/mol. The molecule has 1 fully saturated rings. The molecule has 1 aromatic carbocycles. The van der Waals surface area contributed by atoms with Crippen LogP contribution >= 0.6 is 0 Å². The van der Waals surface area contributed by atoms with Gasteiger partial charge in [-0.15, -0.1) is 0 Å². The number of nitrogens with zero attached hydrogens (tertiary/aromatic N) is 2. The van der Waals surface area contributed by atoms with Crippen LogP contribution in [0.3, 0.4) is 0 Å². The van der Waals surface area contributed by atoms with Crippen LogP contribution in [0.1, 0.15) is 29.8 Å². The van der Waals surface area contributed by atoms with Gasteiger partial charge < -0.3 is 4.90 Å². The fourth-order valence-electron chi connectivity index (χ4n) is 2.99. The summed E-state index contributed by atoms with van der Waals surface area (Å²) in [5, 5.41) is 7.82. The first-order valence-corrected chi connectivity index (χ1v) is 9.53. The third-order valence-electron chi connectivity index (χ3n) is 4.14. The fourth-order valence-corrected chi connectivity index (χ4v) is 3.49. The lowest BCUT2D eigenvalue weighted by Crippen LogP contribution is -2.49. The Balaban J connectivity index is 1.83. The van der Waals surface area contributed by atoms with Crippen LogP contribution in [-0.4, -0.2) is 54.8 Å². The Morgan fingerprint density at radius 1 is 1.39 bits per heavy atom. The predicted molar refractivity (Wildman–Crippen MR) is 87.6 cm³/mol. The molecule has 0 aliphatic carbocycles. The summed E-state index contributed by atoms with van der Waals surface area (Å²) in [6, 6.07) is 7.35. The molecule has 2 N–H and O–H groups in total. The third kappa shape index (κ3) is 3.53. The smallest absolute Gasteiger partial charge is 0.275 e. The normalized spacial score (nSPS) is 19.2. The van der Waals surface area contributed by atoms with E-state index in [1.165, 1.54) is 0 Å². The number of benzene rings is 1. The van der Waals surface area contributed by atoms with Crippen molar-refractivity contribution in [2.45, 2.75) is 25.3 Å². The van der Waals surface area contributed by atoms with Crippen molar-refractivity contribution in [1.82, 2.24) is 19.8 Å². The number of nitrogens with one attached hydrogen (secondary N) is 2. The van der Waals surface area contributed by atoms with Gasteiger partial charge in [-0.25, -0.2) is 13.1 Å². The maximum atomic E-state index is 12.9. The summed E-state index contributed by atoms with van der Waals surface area (Å²) in [4.78, 5) is 14.6. The standard InChI is InChI=1S/C15H20N4O3S/c1-23(21,22)16-10-11-6-4-5-9-19(11)15(20)14-12-7-2-3-8-13(12)17-18-14/h2-3,7-8,11,16H,4-6,9-10H2,1H3,(H,17,18). The zero-order valence-electron chi connectivity index (χ0n) is 12.9. The summed E-state index contributed by atoms with van der Waals surface area (Å²) >= 11 is 0. The number of amides is 1. The number of aromatic amines is 1. The lowest BCUT2D eigenvalue weighted by atomic mass is 10.0. The molecule has 1 aliphatic heterocycles. The first-order chi connectivity index (χ1) is 11.0.